The standard InChI is InChI=1S/C17H29N5OS/c1-4-18-17(20-11-15-12(2)21-13(3)24-15)19-10-9-16(23)22-14-7-5-6-8-14/h14H,4-11H2,1-3H3,(H,22,23)(H2,18,19,20). The molecule has 1 fully saturated rings. The molecule has 0 radical (unpaired) electrons. The van der Waals surface area contributed by atoms with Crippen LogP contribution in [0, 0.1) is 13.8 Å². The van der Waals surface area contributed by atoms with Crippen molar-refractivity contribution in [3.05, 3.63) is 15.6 Å². The molecule has 0 saturated heterocycles. The van der Waals surface area contributed by atoms with Gasteiger partial charge in [0, 0.05) is 30.4 Å². The number of carbonyl (C=O) groups is 1. The molecular formula is C17H29N5OS. The first-order valence-electron chi connectivity index (χ1n) is 8.83. The van der Waals surface area contributed by atoms with Crippen molar-refractivity contribution < 1.29 is 4.79 Å². The summed E-state index contributed by atoms with van der Waals surface area (Å²) < 4.78 is 0. The lowest BCUT2D eigenvalue weighted by molar-refractivity contribution is -0.121. The molecule has 7 heteroatoms. The summed E-state index contributed by atoms with van der Waals surface area (Å²) in [5, 5.41) is 10.6. The molecule has 134 valence electrons. The normalized spacial score (nSPS) is 15.5. The highest BCUT2D eigenvalue weighted by Crippen LogP contribution is 2.18. The lowest BCUT2D eigenvalue weighted by atomic mass is 10.2. The fourth-order valence-electron chi connectivity index (χ4n) is 2.88. The van der Waals surface area contributed by atoms with Crippen molar-refractivity contribution in [2.45, 2.75) is 65.5 Å². The summed E-state index contributed by atoms with van der Waals surface area (Å²) in [6.45, 7) is 8.05. The number of aliphatic imine (C=N–C) groups is 1. The molecule has 1 saturated carbocycles. The van der Waals surface area contributed by atoms with E-state index in [9.17, 15) is 4.79 Å². The van der Waals surface area contributed by atoms with Gasteiger partial charge in [-0.05, 0) is 33.6 Å². The van der Waals surface area contributed by atoms with Crippen LogP contribution < -0.4 is 16.0 Å². The maximum absolute atomic E-state index is 11.9. The van der Waals surface area contributed by atoms with Gasteiger partial charge in [-0.25, -0.2) is 9.98 Å². The Kier molecular flexibility index (Phi) is 7.49. The van der Waals surface area contributed by atoms with E-state index in [1.807, 2.05) is 20.8 Å². The Bertz CT molecular complexity index is 563. The molecule has 0 bridgehead atoms. The summed E-state index contributed by atoms with van der Waals surface area (Å²) in [5.41, 5.74) is 1.05. The highest BCUT2D eigenvalue weighted by atomic mass is 32.1. The van der Waals surface area contributed by atoms with Crippen LogP contribution >= 0.6 is 11.3 Å². The Labute approximate surface area is 148 Å². The smallest absolute Gasteiger partial charge is 0.221 e. The molecule has 2 rings (SSSR count). The fourth-order valence-corrected chi connectivity index (χ4v) is 3.74. The van der Waals surface area contributed by atoms with Crippen molar-refractivity contribution in [2.24, 2.45) is 4.99 Å². The number of nitrogens with one attached hydrogen (secondary N) is 3. The van der Waals surface area contributed by atoms with Gasteiger partial charge in [-0.3, -0.25) is 4.79 Å². The molecule has 3 N–H and O–H groups in total. The molecule has 1 heterocycles. The molecule has 1 aromatic heterocycles. The van der Waals surface area contributed by atoms with E-state index in [1.165, 1.54) is 17.7 Å². The second-order valence-corrected chi connectivity index (χ2v) is 7.45. The van der Waals surface area contributed by atoms with E-state index >= 15 is 0 Å². The average molecular weight is 352 g/mol. The van der Waals surface area contributed by atoms with E-state index in [0.717, 1.165) is 36.0 Å². The van der Waals surface area contributed by atoms with Crippen LogP contribution in [0.4, 0.5) is 0 Å². The van der Waals surface area contributed by atoms with Crippen LogP contribution in [0.1, 0.15) is 54.6 Å². The van der Waals surface area contributed by atoms with Crippen molar-refractivity contribution in [2.75, 3.05) is 13.1 Å². The Balaban J connectivity index is 1.76. The zero-order valence-corrected chi connectivity index (χ0v) is 15.8. The Morgan fingerprint density at radius 2 is 2.04 bits per heavy atom. The van der Waals surface area contributed by atoms with E-state index in [0.29, 0.717) is 25.6 Å². The van der Waals surface area contributed by atoms with Crippen molar-refractivity contribution in [3.63, 3.8) is 0 Å². The summed E-state index contributed by atoms with van der Waals surface area (Å²) in [4.78, 5) is 22.1. The minimum atomic E-state index is 0.124. The van der Waals surface area contributed by atoms with Gasteiger partial charge in [-0.2, -0.15) is 0 Å². The van der Waals surface area contributed by atoms with E-state index in [1.54, 1.807) is 11.3 Å². The molecule has 1 aliphatic carbocycles. The maximum Gasteiger partial charge on any atom is 0.221 e. The topological polar surface area (TPSA) is 78.4 Å². The Morgan fingerprint density at radius 3 is 2.67 bits per heavy atom. The van der Waals surface area contributed by atoms with Crippen LogP contribution in [0.15, 0.2) is 4.99 Å². The quantitative estimate of drug-likeness (QED) is 0.520. The molecule has 0 unspecified atom stereocenters. The summed E-state index contributed by atoms with van der Waals surface area (Å²) in [5.74, 6) is 0.871. The highest BCUT2D eigenvalue weighted by molar-refractivity contribution is 7.11. The van der Waals surface area contributed by atoms with E-state index < -0.39 is 0 Å². The van der Waals surface area contributed by atoms with Gasteiger partial charge in [0.2, 0.25) is 5.91 Å². The van der Waals surface area contributed by atoms with Gasteiger partial charge in [0.25, 0.3) is 0 Å². The van der Waals surface area contributed by atoms with Crippen molar-refractivity contribution >= 4 is 23.2 Å². The lowest BCUT2D eigenvalue weighted by Crippen LogP contribution is -2.40. The zero-order valence-electron chi connectivity index (χ0n) is 14.9. The number of hydrogen-bond acceptors (Lipinski definition) is 4. The van der Waals surface area contributed by atoms with Gasteiger partial charge >= 0.3 is 0 Å². The van der Waals surface area contributed by atoms with Crippen LogP contribution in [0.2, 0.25) is 0 Å². The van der Waals surface area contributed by atoms with Crippen LogP contribution in [-0.4, -0.2) is 36.0 Å². The molecule has 1 aromatic rings. The lowest BCUT2D eigenvalue weighted by Gasteiger charge is -2.13. The third-order valence-electron chi connectivity index (χ3n) is 4.09. The predicted octanol–water partition coefficient (Wildman–Crippen LogP) is 2.26. The Hall–Kier alpha value is -1.63. The van der Waals surface area contributed by atoms with Gasteiger partial charge in [0.1, 0.15) is 0 Å². The number of amides is 1. The van der Waals surface area contributed by atoms with E-state index in [2.05, 4.69) is 25.9 Å². The summed E-state index contributed by atoms with van der Waals surface area (Å²) >= 11 is 1.68. The molecule has 1 amide bonds. The summed E-state index contributed by atoms with van der Waals surface area (Å²) in [7, 11) is 0. The largest absolute Gasteiger partial charge is 0.357 e. The first-order valence-corrected chi connectivity index (χ1v) is 9.64. The number of carbonyl (C=O) groups excluding carboxylic acids is 1. The van der Waals surface area contributed by atoms with Gasteiger partial charge in [0.05, 0.1) is 17.2 Å². The second-order valence-electron chi connectivity index (χ2n) is 6.16. The molecule has 0 atom stereocenters. The van der Waals surface area contributed by atoms with Crippen LogP contribution in [0.3, 0.4) is 0 Å². The van der Waals surface area contributed by atoms with Crippen molar-refractivity contribution in [3.8, 4) is 0 Å². The van der Waals surface area contributed by atoms with E-state index in [-0.39, 0.29) is 5.91 Å². The SMILES string of the molecule is CCNC(=NCc1sc(C)nc1C)NCCC(=O)NC1CCCC1. The van der Waals surface area contributed by atoms with Gasteiger partial charge in [0.15, 0.2) is 5.96 Å². The molecule has 0 aromatic carbocycles. The molecular weight excluding hydrogens is 322 g/mol. The number of nitrogens with zero attached hydrogens (tertiary/aromatic N) is 2. The van der Waals surface area contributed by atoms with Crippen molar-refractivity contribution in [1.29, 1.82) is 0 Å². The summed E-state index contributed by atoms with van der Waals surface area (Å²) in [6.07, 6.45) is 5.18. The number of hydrogen-bond donors (Lipinski definition) is 3. The maximum atomic E-state index is 11.9. The zero-order chi connectivity index (χ0) is 17.4. The molecule has 1 aliphatic rings. The molecule has 24 heavy (non-hydrogen) atoms. The fraction of sp³-hybridized carbons (Fsp3) is 0.706. The number of thiazole rings is 1. The Morgan fingerprint density at radius 1 is 1.29 bits per heavy atom. The second kappa shape index (κ2) is 9.61. The monoisotopic (exact) mass is 351 g/mol. The molecule has 0 aliphatic heterocycles. The third kappa shape index (κ3) is 6.11. The first kappa shape index (κ1) is 18.7. The van der Waals surface area contributed by atoms with Crippen LogP contribution in [-0.2, 0) is 11.3 Å². The highest BCUT2D eigenvalue weighted by Gasteiger charge is 2.16. The van der Waals surface area contributed by atoms with Crippen molar-refractivity contribution in [1.82, 2.24) is 20.9 Å². The first-order chi connectivity index (χ1) is 11.6. The number of aromatic nitrogens is 1. The molecule has 6 nitrogen and oxygen atoms in total. The van der Waals surface area contributed by atoms with Gasteiger partial charge in [-0.15, -0.1) is 11.3 Å². The predicted molar refractivity (Wildman–Crippen MR) is 99.4 cm³/mol. The average Bonchev–Trinajstić information content (AvgIpc) is 3.14. The summed E-state index contributed by atoms with van der Waals surface area (Å²) in [6, 6.07) is 0.386. The number of aryl methyl sites for hydroxylation is 2. The van der Waals surface area contributed by atoms with Crippen LogP contribution in [0.25, 0.3) is 0 Å². The number of rotatable bonds is 7. The van der Waals surface area contributed by atoms with Gasteiger partial charge < -0.3 is 16.0 Å². The van der Waals surface area contributed by atoms with E-state index in [4.69, 9.17) is 0 Å². The minimum Gasteiger partial charge on any atom is -0.357 e. The van der Waals surface area contributed by atoms with Crippen LogP contribution in [0.5, 0.6) is 0 Å². The van der Waals surface area contributed by atoms with Gasteiger partial charge in [-0.1, -0.05) is 12.8 Å². The molecule has 0 spiro atoms. The number of guanidine groups is 1. The minimum absolute atomic E-state index is 0.124. The third-order valence-corrected chi connectivity index (χ3v) is 5.15.